The Morgan fingerprint density at radius 3 is 1.94 bits per heavy atom. The Hall–Kier alpha value is -2.61. The second-order valence-corrected chi connectivity index (χ2v) is 8.63. The van der Waals surface area contributed by atoms with Gasteiger partial charge in [0.25, 0.3) is 0 Å². The quantitative estimate of drug-likeness (QED) is 0.241. The van der Waals surface area contributed by atoms with Gasteiger partial charge in [-0.1, -0.05) is 18.2 Å². The molecule has 2 fully saturated rings. The van der Waals surface area contributed by atoms with Crippen molar-refractivity contribution in [1.29, 1.82) is 0 Å². The van der Waals surface area contributed by atoms with Crippen LogP contribution in [0.1, 0.15) is 37.7 Å². The van der Waals surface area contributed by atoms with Gasteiger partial charge in [0.05, 0.1) is 0 Å². The molecule has 2 bridgehead atoms. The van der Waals surface area contributed by atoms with Crippen molar-refractivity contribution in [2.45, 2.75) is 37.5 Å². The summed E-state index contributed by atoms with van der Waals surface area (Å²) in [5.74, 6) is 0.986. The van der Waals surface area contributed by atoms with Crippen LogP contribution >= 0.6 is 0 Å². The molecule has 0 saturated heterocycles. The molecule has 163 valence electrons. The Balaban J connectivity index is 0.000000164. The van der Waals surface area contributed by atoms with Crippen molar-refractivity contribution in [2.24, 2.45) is 5.92 Å². The summed E-state index contributed by atoms with van der Waals surface area (Å²) < 4.78 is 0. The zero-order valence-electron chi connectivity index (χ0n) is 18.0. The first kappa shape index (κ1) is 22.6. The molecule has 1 radical (unpaired) electrons. The number of aromatic nitrogens is 2. The molecular weight excluding hydrogens is 569 g/mol. The first-order valence-electron chi connectivity index (χ1n) is 11.1. The van der Waals surface area contributed by atoms with Crippen LogP contribution in [0, 0.1) is 18.1 Å². The van der Waals surface area contributed by atoms with Crippen LogP contribution in [0.2, 0.25) is 0 Å². The second kappa shape index (κ2) is 10.3. The summed E-state index contributed by atoms with van der Waals surface area (Å²) in [6.45, 7) is 0. The minimum Gasteiger partial charge on any atom is -0.305 e. The minimum atomic E-state index is 0. The van der Waals surface area contributed by atoms with E-state index in [9.17, 15) is 0 Å². The summed E-state index contributed by atoms with van der Waals surface area (Å²) in [5.41, 5.74) is 6.17. The maximum atomic E-state index is 4.53. The van der Waals surface area contributed by atoms with Crippen LogP contribution in [0.3, 0.4) is 0 Å². The van der Waals surface area contributed by atoms with E-state index < -0.39 is 0 Å². The maximum absolute atomic E-state index is 4.53. The molecule has 4 aromatic rings. The number of hydrogen-bond acceptors (Lipinski definition) is 2. The molecule has 2 aliphatic carbocycles. The van der Waals surface area contributed by atoms with E-state index in [2.05, 4.69) is 46.4 Å². The van der Waals surface area contributed by atoms with Gasteiger partial charge in [0.2, 0.25) is 0 Å². The van der Waals surface area contributed by atoms with Crippen molar-refractivity contribution in [3.05, 3.63) is 109 Å². The minimum absolute atomic E-state index is 0. The fourth-order valence-electron chi connectivity index (χ4n) is 5.13. The molecule has 0 aliphatic heterocycles. The van der Waals surface area contributed by atoms with Crippen molar-refractivity contribution in [2.75, 3.05) is 0 Å². The monoisotopic (exact) mass is 595 g/mol. The molecule has 2 saturated carbocycles. The zero-order chi connectivity index (χ0) is 20.9. The van der Waals surface area contributed by atoms with Crippen molar-refractivity contribution in [1.82, 2.24) is 9.97 Å². The topological polar surface area (TPSA) is 25.8 Å². The van der Waals surface area contributed by atoms with E-state index in [4.69, 9.17) is 0 Å². The zero-order valence-corrected chi connectivity index (χ0v) is 20.4. The number of rotatable bonds is 3. The molecule has 2 heterocycles. The van der Waals surface area contributed by atoms with Gasteiger partial charge in [-0.15, -0.1) is 71.8 Å². The third-order valence-corrected chi connectivity index (χ3v) is 6.75. The number of nitrogens with zero attached hydrogens (tertiary/aromatic N) is 2. The number of pyridine rings is 2. The molecule has 2 aromatic carbocycles. The van der Waals surface area contributed by atoms with Crippen LogP contribution in [-0.4, -0.2) is 9.97 Å². The third-order valence-electron chi connectivity index (χ3n) is 6.75. The third kappa shape index (κ3) is 4.90. The Morgan fingerprint density at radius 1 is 0.719 bits per heavy atom. The summed E-state index contributed by atoms with van der Waals surface area (Å²) in [5, 5.41) is 0. The normalized spacial score (nSPS) is 20.7. The van der Waals surface area contributed by atoms with Gasteiger partial charge < -0.3 is 9.97 Å². The van der Waals surface area contributed by atoms with Gasteiger partial charge in [0, 0.05) is 32.5 Å². The molecule has 0 unspecified atom stereocenters. The summed E-state index contributed by atoms with van der Waals surface area (Å²) >= 11 is 0. The molecule has 0 atom stereocenters. The standard InChI is InChI=1S/C18H18N.C11H8N.Ir/c1-2-4-15(5-3-1)17-12-16(8-11-19-17)18-9-6-14(13-18)7-10-18;1-2-6-10(7-3-1)11-8-4-5-9-12-11;/h1-4,8,11-12,14H,6-7,9-10,13H2;1-6,8-9H;/q2*-1;. The van der Waals surface area contributed by atoms with E-state index in [1.165, 1.54) is 37.7 Å². The average Bonchev–Trinajstić information content (AvgIpc) is 3.49. The van der Waals surface area contributed by atoms with E-state index >= 15 is 0 Å². The van der Waals surface area contributed by atoms with Gasteiger partial charge in [0.1, 0.15) is 0 Å². The molecule has 3 heteroatoms. The van der Waals surface area contributed by atoms with Crippen molar-refractivity contribution < 1.29 is 20.1 Å². The van der Waals surface area contributed by atoms with Gasteiger partial charge in [-0.2, -0.15) is 0 Å². The fourth-order valence-corrected chi connectivity index (χ4v) is 5.13. The van der Waals surface area contributed by atoms with Crippen molar-refractivity contribution in [3.63, 3.8) is 0 Å². The largest absolute Gasteiger partial charge is 0.305 e. The van der Waals surface area contributed by atoms with E-state index in [1.807, 2.05) is 60.8 Å². The number of benzene rings is 2. The van der Waals surface area contributed by atoms with Crippen LogP contribution in [0.4, 0.5) is 0 Å². The SMILES string of the molecule is [Ir].[c-]1ccccc1-c1cc(C23CCC(CC2)C3)ccn1.[c-]1ccccc1-c1ccccn1. The van der Waals surface area contributed by atoms with Crippen molar-refractivity contribution >= 4 is 0 Å². The van der Waals surface area contributed by atoms with Gasteiger partial charge in [-0.25, -0.2) is 0 Å². The molecule has 32 heavy (non-hydrogen) atoms. The summed E-state index contributed by atoms with van der Waals surface area (Å²) in [7, 11) is 0. The van der Waals surface area contributed by atoms with Crippen LogP contribution in [0.25, 0.3) is 22.5 Å². The fraction of sp³-hybridized carbons (Fsp3) is 0.241. The number of fused-ring (bicyclic) bond motifs is 2. The van der Waals surface area contributed by atoms with Crippen LogP contribution in [0.5, 0.6) is 0 Å². The van der Waals surface area contributed by atoms with Gasteiger partial charge >= 0.3 is 0 Å². The summed E-state index contributed by atoms with van der Waals surface area (Å²) in [6, 6.07) is 32.8. The summed E-state index contributed by atoms with van der Waals surface area (Å²) in [4.78, 5) is 8.75. The first-order valence-corrected chi connectivity index (χ1v) is 11.1. The van der Waals surface area contributed by atoms with E-state index in [1.54, 1.807) is 6.20 Å². The first-order chi connectivity index (χ1) is 15.3. The molecule has 2 nitrogen and oxygen atoms in total. The Labute approximate surface area is 204 Å². The predicted molar refractivity (Wildman–Crippen MR) is 125 cm³/mol. The molecule has 0 amide bonds. The van der Waals surface area contributed by atoms with Crippen molar-refractivity contribution in [3.8, 4) is 22.5 Å². The summed E-state index contributed by atoms with van der Waals surface area (Å²) in [6.07, 6.45) is 10.8. The Kier molecular flexibility index (Phi) is 7.29. The van der Waals surface area contributed by atoms with Gasteiger partial charge in [-0.3, -0.25) is 0 Å². The molecule has 0 N–H and O–H groups in total. The maximum Gasteiger partial charge on any atom is 0.0163 e. The van der Waals surface area contributed by atoms with E-state index in [0.717, 1.165) is 28.4 Å². The molecule has 2 aliphatic rings. The van der Waals surface area contributed by atoms with E-state index in [0.29, 0.717) is 5.41 Å². The average molecular weight is 595 g/mol. The van der Waals surface area contributed by atoms with Crippen LogP contribution < -0.4 is 0 Å². The smallest absolute Gasteiger partial charge is 0.0163 e. The molecular formula is C29H26IrN2-2. The van der Waals surface area contributed by atoms with Crippen LogP contribution in [0.15, 0.2) is 91.3 Å². The molecule has 0 spiro atoms. The van der Waals surface area contributed by atoms with Crippen LogP contribution in [-0.2, 0) is 25.5 Å². The predicted octanol–water partition coefficient (Wildman–Crippen LogP) is 6.93. The Morgan fingerprint density at radius 2 is 1.38 bits per heavy atom. The Bertz CT molecular complexity index is 1070. The van der Waals surface area contributed by atoms with Gasteiger partial charge in [0.15, 0.2) is 0 Å². The molecule has 6 rings (SSSR count). The molecule has 2 aromatic heterocycles. The number of hydrogen-bond donors (Lipinski definition) is 0. The van der Waals surface area contributed by atoms with E-state index in [-0.39, 0.29) is 20.1 Å². The van der Waals surface area contributed by atoms with Gasteiger partial charge in [-0.05, 0) is 72.5 Å². The second-order valence-electron chi connectivity index (χ2n) is 8.63.